The number of hydrogen-bond acceptors (Lipinski definition) is 1. The van der Waals surface area contributed by atoms with Gasteiger partial charge in [-0.3, -0.25) is 4.79 Å². The second-order valence-corrected chi connectivity index (χ2v) is 5.36. The van der Waals surface area contributed by atoms with Crippen molar-refractivity contribution in [2.24, 2.45) is 0 Å². The summed E-state index contributed by atoms with van der Waals surface area (Å²) in [6.45, 7) is 0.287. The number of nitrogens with zero attached hydrogens (tertiary/aromatic N) is 1. The first-order valence-corrected chi connectivity index (χ1v) is 6.48. The molecule has 0 saturated heterocycles. The zero-order valence-corrected chi connectivity index (χ0v) is 12.0. The van der Waals surface area contributed by atoms with Gasteiger partial charge in [0, 0.05) is 16.2 Å². The standard InChI is InChI=1S/C12H7Cl4NO/c13-8-2-1-7(10(15)3-8)5-17-6-9(14)4-11(16)12(17)18/h1-4,6H,5H2. The van der Waals surface area contributed by atoms with Gasteiger partial charge in [-0.2, -0.15) is 0 Å². The fraction of sp³-hybridized carbons (Fsp3) is 0.0833. The summed E-state index contributed by atoms with van der Waals surface area (Å²) in [5.41, 5.74) is 0.452. The Labute approximate surface area is 124 Å². The summed E-state index contributed by atoms with van der Waals surface area (Å²) in [5.74, 6) is 0. The summed E-state index contributed by atoms with van der Waals surface area (Å²) in [5, 5.41) is 1.50. The summed E-state index contributed by atoms with van der Waals surface area (Å²) in [6.07, 6.45) is 1.51. The van der Waals surface area contributed by atoms with E-state index in [1.807, 2.05) is 0 Å². The van der Waals surface area contributed by atoms with E-state index in [4.69, 9.17) is 46.4 Å². The van der Waals surface area contributed by atoms with Crippen LogP contribution < -0.4 is 5.56 Å². The fourth-order valence-electron chi connectivity index (χ4n) is 1.52. The van der Waals surface area contributed by atoms with Crippen LogP contribution in [-0.4, -0.2) is 4.57 Å². The third-order valence-electron chi connectivity index (χ3n) is 2.36. The Morgan fingerprint density at radius 3 is 2.28 bits per heavy atom. The summed E-state index contributed by atoms with van der Waals surface area (Å²) < 4.78 is 1.40. The van der Waals surface area contributed by atoms with Gasteiger partial charge in [-0.1, -0.05) is 52.5 Å². The highest BCUT2D eigenvalue weighted by Crippen LogP contribution is 2.22. The maximum absolute atomic E-state index is 11.8. The highest BCUT2D eigenvalue weighted by molar-refractivity contribution is 6.35. The van der Waals surface area contributed by atoms with Crippen molar-refractivity contribution in [3.8, 4) is 0 Å². The number of rotatable bonds is 2. The molecule has 94 valence electrons. The lowest BCUT2D eigenvalue weighted by molar-refractivity contribution is 0.760. The Morgan fingerprint density at radius 2 is 1.61 bits per heavy atom. The molecular weight excluding hydrogens is 316 g/mol. The van der Waals surface area contributed by atoms with Gasteiger partial charge in [0.2, 0.25) is 0 Å². The molecule has 0 aliphatic rings. The van der Waals surface area contributed by atoms with Crippen molar-refractivity contribution >= 4 is 46.4 Å². The van der Waals surface area contributed by atoms with Crippen LogP contribution in [0.2, 0.25) is 20.1 Å². The molecule has 1 aromatic heterocycles. The lowest BCUT2D eigenvalue weighted by Gasteiger charge is -2.09. The number of aromatic nitrogens is 1. The van der Waals surface area contributed by atoms with Crippen molar-refractivity contribution in [1.82, 2.24) is 4.57 Å². The van der Waals surface area contributed by atoms with Crippen molar-refractivity contribution < 1.29 is 0 Å². The summed E-state index contributed by atoms with van der Waals surface area (Å²) in [6, 6.07) is 6.49. The Bertz CT molecular complexity index is 651. The zero-order chi connectivity index (χ0) is 13.3. The Kier molecular flexibility index (Phi) is 4.23. The van der Waals surface area contributed by atoms with Crippen molar-refractivity contribution in [3.05, 3.63) is 66.5 Å². The van der Waals surface area contributed by atoms with Gasteiger partial charge < -0.3 is 4.57 Å². The molecule has 1 heterocycles. The van der Waals surface area contributed by atoms with E-state index in [1.165, 1.54) is 16.8 Å². The van der Waals surface area contributed by atoms with Crippen LogP contribution in [0.1, 0.15) is 5.56 Å². The van der Waals surface area contributed by atoms with Gasteiger partial charge >= 0.3 is 0 Å². The molecule has 2 rings (SSSR count). The molecule has 1 aromatic carbocycles. The van der Waals surface area contributed by atoms with Crippen LogP contribution in [0.15, 0.2) is 35.3 Å². The molecule has 0 bridgehead atoms. The SMILES string of the molecule is O=c1c(Cl)cc(Cl)cn1Cc1ccc(Cl)cc1Cl. The summed E-state index contributed by atoms with van der Waals surface area (Å²) in [4.78, 5) is 11.8. The van der Waals surface area contributed by atoms with Crippen molar-refractivity contribution in [2.45, 2.75) is 6.54 Å². The van der Waals surface area contributed by atoms with Crippen LogP contribution >= 0.6 is 46.4 Å². The van der Waals surface area contributed by atoms with E-state index in [1.54, 1.807) is 18.2 Å². The Balaban J connectivity index is 2.43. The second kappa shape index (κ2) is 5.54. The molecule has 0 radical (unpaired) electrons. The lowest BCUT2D eigenvalue weighted by atomic mass is 10.2. The van der Waals surface area contributed by atoms with E-state index in [0.29, 0.717) is 15.1 Å². The molecule has 0 unspecified atom stereocenters. The first kappa shape index (κ1) is 13.8. The smallest absolute Gasteiger partial charge is 0.269 e. The number of benzene rings is 1. The van der Waals surface area contributed by atoms with E-state index in [9.17, 15) is 4.79 Å². The van der Waals surface area contributed by atoms with Gasteiger partial charge in [0.15, 0.2) is 0 Å². The van der Waals surface area contributed by atoms with Gasteiger partial charge in [-0.25, -0.2) is 0 Å². The van der Waals surface area contributed by atoms with Gasteiger partial charge in [0.05, 0.1) is 11.6 Å². The third kappa shape index (κ3) is 3.01. The van der Waals surface area contributed by atoms with Crippen LogP contribution in [0.4, 0.5) is 0 Å². The molecule has 18 heavy (non-hydrogen) atoms. The lowest BCUT2D eigenvalue weighted by Crippen LogP contribution is -2.20. The minimum Gasteiger partial charge on any atom is -0.308 e. The highest BCUT2D eigenvalue weighted by atomic mass is 35.5. The maximum atomic E-state index is 11.8. The van der Waals surface area contributed by atoms with Crippen LogP contribution in [-0.2, 0) is 6.54 Å². The zero-order valence-electron chi connectivity index (χ0n) is 8.96. The molecule has 0 aliphatic carbocycles. The molecule has 0 spiro atoms. The van der Waals surface area contributed by atoms with Crippen LogP contribution in [0.3, 0.4) is 0 Å². The summed E-state index contributed by atoms with van der Waals surface area (Å²) in [7, 11) is 0. The molecule has 2 aromatic rings. The Hall–Kier alpha value is -0.670. The van der Waals surface area contributed by atoms with Gasteiger partial charge in [0.25, 0.3) is 5.56 Å². The highest BCUT2D eigenvalue weighted by Gasteiger charge is 2.07. The van der Waals surface area contributed by atoms with E-state index < -0.39 is 0 Å². The number of halogens is 4. The van der Waals surface area contributed by atoms with Crippen LogP contribution in [0, 0.1) is 0 Å². The van der Waals surface area contributed by atoms with Gasteiger partial charge in [-0.15, -0.1) is 0 Å². The predicted octanol–water partition coefficient (Wildman–Crippen LogP) is 4.51. The summed E-state index contributed by atoms with van der Waals surface area (Å²) >= 11 is 23.5. The average molecular weight is 323 g/mol. The van der Waals surface area contributed by atoms with Crippen molar-refractivity contribution in [3.63, 3.8) is 0 Å². The van der Waals surface area contributed by atoms with Crippen molar-refractivity contribution in [2.75, 3.05) is 0 Å². The maximum Gasteiger partial charge on any atom is 0.269 e. The first-order valence-electron chi connectivity index (χ1n) is 4.97. The molecule has 0 fully saturated rings. The minimum atomic E-state index is -0.313. The van der Waals surface area contributed by atoms with Crippen LogP contribution in [0.25, 0.3) is 0 Å². The fourth-order valence-corrected chi connectivity index (χ4v) is 2.49. The molecule has 0 amide bonds. The monoisotopic (exact) mass is 321 g/mol. The largest absolute Gasteiger partial charge is 0.308 e. The van der Waals surface area contributed by atoms with E-state index in [2.05, 4.69) is 0 Å². The molecule has 2 nitrogen and oxygen atoms in total. The van der Waals surface area contributed by atoms with Gasteiger partial charge in [-0.05, 0) is 23.8 Å². The minimum absolute atomic E-state index is 0.0765. The molecule has 0 aliphatic heterocycles. The molecular formula is C12H7Cl4NO. The second-order valence-electron chi connectivity index (χ2n) is 3.68. The molecule has 0 N–H and O–H groups in total. The first-order chi connectivity index (χ1) is 8.47. The van der Waals surface area contributed by atoms with Gasteiger partial charge in [0.1, 0.15) is 5.02 Å². The number of pyridine rings is 1. The van der Waals surface area contributed by atoms with Crippen molar-refractivity contribution in [1.29, 1.82) is 0 Å². The molecule has 6 heteroatoms. The predicted molar refractivity (Wildman–Crippen MR) is 76.3 cm³/mol. The topological polar surface area (TPSA) is 22.0 Å². The quantitative estimate of drug-likeness (QED) is 0.797. The number of hydrogen-bond donors (Lipinski definition) is 0. The normalized spacial score (nSPS) is 10.7. The van der Waals surface area contributed by atoms with Crippen LogP contribution in [0.5, 0.6) is 0 Å². The molecule has 0 atom stereocenters. The third-order valence-corrected chi connectivity index (χ3v) is 3.43. The van der Waals surface area contributed by atoms with E-state index in [-0.39, 0.29) is 17.1 Å². The van der Waals surface area contributed by atoms with E-state index >= 15 is 0 Å². The van der Waals surface area contributed by atoms with E-state index in [0.717, 1.165) is 5.56 Å². The Morgan fingerprint density at radius 1 is 0.944 bits per heavy atom. The molecule has 0 saturated carbocycles. The average Bonchev–Trinajstić information content (AvgIpc) is 2.29.